The monoisotopic (exact) mass is 269 g/mol. The summed E-state index contributed by atoms with van der Waals surface area (Å²) in [5, 5.41) is 3.24. The van der Waals surface area contributed by atoms with Crippen molar-refractivity contribution in [3.05, 3.63) is 36.2 Å². The molecule has 1 aromatic carbocycles. The molecule has 0 bridgehead atoms. The van der Waals surface area contributed by atoms with Crippen LogP contribution in [0.25, 0.3) is 0 Å². The van der Waals surface area contributed by atoms with Crippen LogP contribution in [0, 0.1) is 6.92 Å². The summed E-state index contributed by atoms with van der Waals surface area (Å²) in [6, 6.07) is 9.96. The van der Waals surface area contributed by atoms with E-state index >= 15 is 0 Å². The van der Waals surface area contributed by atoms with Crippen LogP contribution in [0.15, 0.2) is 30.3 Å². The Hall–Kier alpha value is -2.17. The predicted molar refractivity (Wildman–Crippen MR) is 80.4 cm³/mol. The molecule has 0 amide bonds. The van der Waals surface area contributed by atoms with Gasteiger partial charge in [0.15, 0.2) is 0 Å². The van der Waals surface area contributed by atoms with Gasteiger partial charge in [-0.1, -0.05) is 18.2 Å². The highest BCUT2D eigenvalue weighted by Crippen LogP contribution is 2.18. The minimum Gasteiger partial charge on any atom is -0.341 e. The smallest absolute Gasteiger partial charge is 0.232 e. The maximum Gasteiger partial charge on any atom is 0.232 e. The Bertz CT molecular complexity index is 564. The molecule has 1 N–H and O–H groups in total. The van der Waals surface area contributed by atoms with Gasteiger partial charge in [-0.25, -0.2) is 0 Å². The number of nitrogens with zero attached hydrogens (tertiary/aromatic N) is 4. The van der Waals surface area contributed by atoms with Gasteiger partial charge in [0.05, 0.1) is 0 Å². The van der Waals surface area contributed by atoms with E-state index in [0.29, 0.717) is 5.95 Å². The van der Waals surface area contributed by atoms with Crippen molar-refractivity contribution in [3.8, 4) is 0 Å². The van der Waals surface area contributed by atoms with Crippen LogP contribution >= 0.6 is 0 Å². The number of benzene rings is 1. The first-order valence-corrected chi connectivity index (χ1v) is 7.11. The maximum atomic E-state index is 4.55. The highest BCUT2D eigenvalue weighted by atomic mass is 15.3. The van der Waals surface area contributed by atoms with Gasteiger partial charge in [-0.05, 0) is 38.3 Å². The van der Waals surface area contributed by atoms with E-state index in [0.717, 1.165) is 30.5 Å². The second-order valence-electron chi connectivity index (χ2n) is 5.04. The van der Waals surface area contributed by atoms with Crippen molar-refractivity contribution in [1.82, 2.24) is 15.0 Å². The molecule has 5 nitrogen and oxygen atoms in total. The molecule has 0 aliphatic carbocycles. The van der Waals surface area contributed by atoms with Crippen molar-refractivity contribution in [2.45, 2.75) is 26.2 Å². The molecule has 0 radical (unpaired) electrons. The van der Waals surface area contributed by atoms with Gasteiger partial charge in [0.25, 0.3) is 0 Å². The molecule has 0 unspecified atom stereocenters. The summed E-state index contributed by atoms with van der Waals surface area (Å²) in [5.41, 5.74) is 0.989. The SMILES string of the molecule is Cc1nc(Nc2ccccc2)nc(N2CCCCC2)n1. The van der Waals surface area contributed by atoms with Gasteiger partial charge >= 0.3 is 0 Å². The largest absolute Gasteiger partial charge is 0.341 e. The van der Waals surface area contributed by atoms with Gasteiger partial charge in [0.1, 0.15) is 5.82 Å². The van der Waals surface area contributed by atoms with Gasteiger partial charge in [0, 0.05) is 18.8 Å². The van der Waals surface area contributed by atoms with Crippen molar-refractivity contribution >= 4 is 17.6 Å². The van der Waals surface area contributed by atoms with Gasteiger partial charge < -0.3 is 10.2 Å². The summed E-state index contributed by atoms with van der Waals surface area (Å²) in [7, 11) is 0. The zero-order valence-electron chi connectivity index (χ0n) is 11.7. The number of nitrogens with one attached hydrogen (secondary N) is 1. The molecule has 1 saturated heterocycles. The molecule has 3 rings (SSSR count). The lowest BCUT2D eigenvalue weighted by Gasteiger charge is -2.26. The molecule has 2 aromatic rings. The zero-order chi connectivity index (χ0) is 13.8. The number of aryl methyl sites for hydroxylation is 1. The topological polar surface area (TPSA) is 53.9 Å². The Kier molecular flexibility index (Phi) is 3.76. The lowest BCUT2D eigenvalue weighted by Crippen LogP contribution is -2.31. The van der Waals surface area contributed by atoms with Crippen molar-refractivity contribution in [2.24, 2.45) is 0 Å². The average molecular weight is 269 g/mol. The minimum absolute atomic E-state index is 0.615. The number of hydrogen-bond acceptors (Lipinski definition) is 5. The Labute approximate surface area is 119 Å². The maximum absolute atomic E-state index is 4.55. The van der Waals surface area contributed by atoms with Gasteiger partial charge in [0.2, 0.25) is 11.9 Å². The first kappa shape index (κ1) is 12.8. The van der Waals surface area contributed by atoms with Crippen LogP contribution in [0.4, 0.5) is 17.6 Å². The lowest BCUT2D eigenvalue weighted by molar-refractivity contribution is 0.567. The van der Waals surface area contributed by atoms with Crippen molar-refractivity contribution in [3.63, 3.8) is 0 Å². The van der Waals surface area contributed by atoms with E-state index in [1.165, 1.54) is 19.3 Å². The fraction of sp³-hybridized carbons (Fsp3) is 0.400. The first-order valence-electron chi connectivity index (χ1n) is 7.11. The van der Waals surface area contributed by atoms with Crippen LogP contribution < -0.4 is 10.2 Å². The number of piperidine rings is 1. The summed E-state index contributed by atoms with van der Waals surface area (Å²) in [5.74, 6) is 2.15. The van der Waals surface area contributed by atoms with E-state index in [1.807, 2.05) is 37.3 Å². The summed E-state index contributed by atoms with van der Waals surface area (Å²) >= 11 is 0. The highest BCUT2D eigenvalue weighted by Gasteiger charge is 2.15. The standard InChI is InChI=1S/C15H19N5/c1-12-16-14(18-13-8-4-2-5-9-13)19-15(17-12)20-10-6-3-7-11-20/h2,4-5,8-9H,3,6-7,10-11H2,1H3,(H,16,17,18,19). The average Bonchev–Trinajstić information content (AvgIpc) is 2.49. The summed E-state index contributed by atoms with van der Waals surface area (Å²) in [6.45, 7) is 3.98. The predicted octanol–water partition coefficient (Wildman–Crippen LogP) is 2.91. The number of anilines is 3. The number of aromatic nitrogens is 3. The van der Waals surface area contributed by atoms with Crippen LogP contribution in [0.1, 0.15) is 25.1 Å². The number of hydrogen-bond donors (Lipinski definition) is 1. The van der Waals surface area contributed by atoms with Crippen LogP contribution in [-0.4, -0.2) is 28.0 Å². The Balaban J connectivity index is 1.82. The van der Waals surface area contributed by atoms with Crippen LogP contribution in [0.5, 0.6) is 0 Å². The third kappa shape index (κ3) is 3.04. The molecule has 1 fully saturated rings. The van der Waals surface area contributed by atoms with Gasteiger partial charge in [-0.15, -0.1) is 0 Å². The van der Waals surface area contributed by atoms with E-state index in [9.17, 15) is 0 Å². The molecule has 5 heteroatoms. The molecule has 1 aliphatic rings. The number of para-hydroxylation sites is 1. The van der Waals surface area contributed by atoms with Gasteiger partial charge in [-0.2, -0.15) is 15.0 Å². The van der Waals surface area contributed by atoms with E-state index < -0.39 is 0 Å². The lowest BCUT2D eigenvalue weighted by atomic mass is 10.1. The molecular formula is C15H19N5. The van der Waals surface area contributed by atoms with Crippen LogP contribution in [-0.2, 0) is 0 Å². The number of rotatable bonds is 3. The molecule has 1 aromatic heterocycles. The quantitative estimate of drug-likeness (QED) is 0.928. The molecular weight excluding hydrogens is 250 g/mol. The van der Waals surface area contributed by atoms with E-state index in [1.54, 1.807) is 0 Å². The van der Waals surface area contributed by atoms with E-state index in [2.05, 4.69) is 25.2 Å². The van der Waals surface area contributed by atoms with Crippen molar-refractivity contribution in [1.29, 1.82) is 0 Å². The Morgan fingerprint density at radius 3 is 2.45 bits per heavy atom. The normalized spacial score (nSPS) is 15.2. The summed E-state index contributed by atoms with van der Waals surface area (Å²) in [4.78, 5) is 15.6. The molecule has 20 heavy (non-hydrogen) atoms. The van der Waals surface area contributed by atoms with Crippen LogP contribution in [0.2, 0.25) is 0 Å². The second kappa shape index (κ2) is 5.86. The third-order valence-electron chi connectivity index (χ3n) is 3.40. The molecule has 2 heterocycles. The third-order valence-corrected chi connectivity index (χ3v) is 3.40. The summed E-state index contributed by atoms with van der Waals surface area (Å²) in [6.07, 6.45) is 3.73. The molecule has 1 aliphatic heterocycles. The highest BCUT2D eigenvalue weighted by molar-refractivity contribution is 5.53. The van der Waals surface area contributed by atoms with Crippen molar-refractivity contribution in [2.75, 3.05) is 23.3 Å². The van der Waals surface area contributed by atoms with Crippen LogP contribution in [0.3, 0.4) is 0 Å². The Morgan fingerprint density at radius 2 is 1.70 bits per heavy atom. The second-order valence-corrected chi connectivity index (χ2v) is 5.04. The molecule has 0 spiro atoms. The van der Waals surface area contributed by atoms with E-state index in [4.69, 9.17) is 0 Å². The Morgan fingerprint density at radius 1 is 0.950 bits per heavy atom. The zero-order valence-corrected chi connectivity index (χ0v) is 11.7. The molecule has 0 atom stereocenters. The molecule has 0 saturated carbocycles. The van der Waals surface area contributed by atoms with E-state index in [-0.39, 0.29) is 0 Å². The fourth-order valence-corrected chi connectivity index (χ4v) is 2.41. The molecule has 104 valence electrons. The minimum atomic E-state index is 0.615. The van der Waals surface area contributed by atoms with Gasteiger partial charge in [-0.3, -0.25) is 0 Å². The fourth-order valence-electron chi connectivity index (χ4n) is 2.41. The first-order chi connectivity index (χ1) is 9.81. The van der Waals surface area contributed by atoms with Crippen molar-refractivity contribution < 1.29 is 0 Å². The summed E-state index contributed by atoms with van der Waals surface area (Å²) < 4.78 is 0.